The van der Waals surface area contributed by atoms with Crippen LogP contribution in [0.5, 0.6) is 0 Å². The average molecular weight is 376 g/mol. The lowest BCUT2D eigenvalue weighted by atomic mass is 10.1. The number of nitrogens with zero attached hydrogens (tertiary/aromatic N) is 4. The van der Waals surface area contributed by atoms with Crippen molar-refractivity contribution in [2.75, 3.05) is 31.1 Å². The molecule has 1 amide bonds. The van der Waals surface area contributed by atoms with Crippen molar-refractivity contribution in [1.29, 1.82) is 0 Å². The van der Waals surface area contributed by atoms with Crippen molar-refractivity contribution in [3.63, 3.8) is 0 Å². The molecule has 144 valence electrons. The van der Waals surface area contributed by atoms with E-state index in [0.29, 0.717) is 24.0 Å². The van der Waals surface area contributed by atoms with E-state index in [4.69, 9.17) is 0 Å². The number of rotatable bonds is 3. The summed E-state index contributed by atoms with van der Waals surface area (Å²) in [4.78, 5) is 34.0. The molecular weight excluding hydrogens is 352 g/mol. The Labute approximate surface area is 164 Å². The summed E-state index contributed by atoms with van der Waals surface area (Å²) in [5.74, 6) is -0.0419. The molecule has 6 nitrogen and oxygen atoms in total. The maximum absolute atomic E-state index is 12.7. The minimum absolute atomic E-state index is 0.0279. The first-order valence-corrected chi connectivity index (χ1v) is 9.57. The van der Waals surface area contributed by atoms with E-state index in [1.54, 1.807) is 6.07 Å². The summed E-state index contributed by atoms with van der Waals surface area (Å²) in [6.45, 7) is 6.93. The molecule has 0 aliphatic carbocycles. The van der Waals surface area contributed by atoms with Crippen LogP contribution >= 0.6 is 0 Å². The van der Waals surface area contributed by atoms with Crippen LogP contribution in [0.15, 0.2) is 53.6 Å². The monoisotopic (exact) mass is 376 g/mol. The van der Waals surface area contributed by atoms with Crippen LogP contribution in [0.4, 0.5) is 5.69 Å². The molecule has 2 heterocycles. The van der Waals surface area contributed by atoms with Gasteiger partial charge in [0.05, 0.1) is 17.2 Å². The van der Waals surface area contributed by atoms with Gasteiger partial charge in [-0.3, -0.25) is 14.2 Å². The number of hydrogen-bond acceptors (Lipinski definition) is 4. The second-order valence-corrected chi connectivity index (χ2v) is 7.36. The van der Waals surface area contributed by atoms with E-state index in [-0.39, 0.29) is 18.0 Å². The van der Waals surface area contributed by atoms with Crippen molar-refractivity contribution in [3.05, 3.63) is 70.3 Å². The molecule has 0 bridgehead atoms. The number of aromatic nitrogens is 2. The maximum atomic E-state index is 12.7. The van der Waals surface area contributed by atoms with Crippen LogP contribution in [0.1, 0.15) is 11.1 Å². The molecule has 1 fully saturated rings. The van der Waals surface area contributed by atoms with Gasteiger partial charge in [0.1, 0.15) is 6.54 Å². The fourth-order valence-electron chi connectivity index (χ4n) is 3.73. The molecule has 0 saturated carbocycles. The van der Waals surface area contributed by atoms with Gasteiger partial charge in [0, 0.05) is 31.9 Å². The first-order chi connectivity index (χ1) is 13.5. The minimum Gasteiger partial charge on any atom is -0.368 e. The number of piperazine rings is 1. The first kappa shape index (κ1) is 18.2. The topological polar surface area (TPSA) is 58.4 Å². The second-order valence-electron chi connectivity index (χ2n) is 7.36. The number of para-hydroxylation sites is 1. The highest BCUT2D eigenvalue weighted by molar-refractivity contribution is 5.81. The van der Waals surface area contributed by atoms with Crippen LogP contribution < -0.4 is 10.5 Å². The lowest BCUT2D eigenvalue weighted by molar-refractivity contribution is -0.132. The summed E-state index contributed by atoms with van der Waals surface area (Å²) in [6.07, 6.45) is 1.48. The average Bonchev–Trinajstić information content (AvgIpc) is 2.71. The molecular formula is C22H24N4O2. The number of benzene rings is 2. The number of hydrogen-bond donors (Lipinski definition) is 0. The number of aryl methyl sites for hydroxylation is 2. The summed E-state index contributed by atoms with van der Waals surface area (Å²) in [6, 6.07) is 13.9. The summed E-state index contributed by atoms with van der Waals surface area (Å²) < 4.78 is 1.41. The Morgan fingerprint density at radius 3 is 2.54 bits per heavy atom. The van der Waals surface area contributed by atoms with Crippen LogP contribution in [0, 0.1) is 13.8 Å². The molecule has 1 aliphatic heterocycles. The van der Waals surface area contributed by atoms with Crippen molar-refractivity contribution < 1.29 is 4.79 Å². The third kappa shape index (κ3) is 3.50. The quantitative estimate of drug-likeness (QED) is 0.704. The zero-order valence-electron chi connectivity index (χ0n) is 16.3. The van der Waals surface area contributed by atoms with E-state index in [1.807, 2.05) is 24.0 Å². The predicted molar refractivity (Wildman–Crippen MR) is 111 cm³/mol. The van der Waals surface area contributed by atoms with E-state index >= 15 is 0 Å². The third-order valence-electron chi connectivity index (χ3n) is 5.36. The van der Waals surface area contributed by atoms with Gasteiger partial charge in [-0.25, -0.2) is 4.98 Å². The molecule has 0 radical (unpaired) electrons. The minimum atomic E-state index is -0.166. The van der Waals surface area contributed by atoms with Crippen LogP contribution in [0.3, 0.4) is 0 Å². The lowest BCUT2D eigenvalue weighted by Crippen LogP contribution is -2.50. The van der Waals surface area contributed by atoms with E-state index in [2.05, 4.69) is 41.1 Å². The fraction of sp³-hybridized carbons (Fsp3) is 0.318. The van der Waals surface area contributed by atoms with Crippen molar-refractivity contribution >= 4 is 22.5 Å². The highest BCUT2D eigenvalue weighted by Crippen LogP contribution is 2.18. The van der Waals surface area contributed by atoms with E-state index < -0.39 is 0 Å². The number of amides is 1. The Balaban J connectivity index is 1.45. The lowest BCUT2D eigenvalue weighted by Gasteiger charge is -2.36. The predicted octanol–water partition coefficient (Wildman–Crippen LogP) is 2.36. The second kappa shape index (κ2) is 7.46. The number of fused-ring (bicyclic) bond motifs is 1. The van der Waals surface area contributed by atoms with E-state index in [0.717, 1.165) is 18.7 Å². The molecule has 3 aromatic rings. The van der Waals surface area contributed by atoms with Gasteiger partial charge in [-0.2, -0.15) is 0 Å². The molecule has 1 saturated heterocycles. The normalized spacial score (nSPS) is 14.5. The highest BCUT2D eigenvalue weighted by Gasteiger charge is 2.22. The summed E-state index contributed by atoms with van der Waals surface area (Å²) in [7, 11) is 0. The largest absolute Gasteiger partial charge is 0.368 e. The Kier molecular flexibility index (Phi) is 4.86. The smallest absolute Gasteiger partial charge is 0.261 e. The Bertz CT molecular complexity index is 1080. The van der Waals surface area contributed by atoms with Gasteiger partial charge >= 0.3 is 0 Å². The van der Waals surface area contributed by atoms with Gasteiger partial charge in [0.25, 0.3) is 5.56 Å². The molecule has 0 atom stereocenters. The van der Waals surface area contributed by atoms with Gasteiger partial charge in [-0.05, 0) is 43.2 Å². The molecule has 0 N–H and O–H groups in total. The summed E-state index contributed by atoms with van der Waals surface area (Å²) in [5.41, 5.74) is 3.91. The third-order valence-corrected chi connectivity index (χ3v) is 5.36. The molecule has 0 unspecified atom stereocenters. The first-order valence-electron chi connectivity index (χ1n) is 9.57. The van der Waals surface area contributed by atoms with E-state index in [9.17, 15) is 9.59 Å². The molecule has 2 aromatic carbocycles. The van der Waals surface area contributed by atoms with Gasteiger partial charge < -0.3 is 9.80 Å². The van der Waals surface area contributed by atoms with Crippen molar-refractivity contribution in [2.24, 2.45) is 0 Å². The molecule has 6 heteroatoms. The molecule has 1 aromatic heterocycles. The Morgan fingerprint density at radius 1 is 1.04 bits per heavy atom. The SMILES string of the molecule is Cc1cccc(N2CCN(C(=O)Cn3cnc4c(C)cccc4c3=O)CC2)c1. The standard InChI is InChI=1S/C22H24N4O2/c1-16-5-3-7-18(13-16)24-9-11-25(12-10-24)20(27)14-26-15-23-21-17(2)6-4-8-19(21)22(26)28/h3-8,13,15H,9-12,14H2,1-2H3. The van der Waals surface area contributed by atoms with Crippen LogP contribution in [-0.4, -0.2) is 46.5 Å². The van der Waals surface area contributed by atoms with Gasteiger partial charge in [-0.15, -0.1) is 0 Å². The number of carbonyl (C=O) groups is 1. The van der Waals surface area contributed by atoms with Crippen molar-refractivity contribution in [3.8, 4) is 0 Å². The van der Waals surface area contributed by atoms with Gasteiger partial charge in [-0.1, -0.05) is 24.3 Å². The molecule has 1 aliphatic rings. The zero-order chi connectivity index (χ0) is 19.7. The van der Waals surface area contributed by atoms with Gasteiger partial charge in [0.2, 0.25) is 5.91 Å². The Hall–Kier alpha value is -3.15. The zero-order valence-corrected chi connectivity index (χ0v) is 16.3. The van der Waals surface area contributed by atoms with Crippen LogP contribution in [0.25, 0.3) is 10.9 Å². The fourth-order valence-corrected chi connectivity index (χ4v) is 3.73. The van der Waals surface area contributed by atoms with Crippen LogP contribution in [0.2, 0.25) is 0 Å². The number of carbonyl (C=O) groups excluding carboxylic acids is 1. The molecule has 28 heavy (non-hydrogen) atoms. The summed E-state index contributed by atoms with van der Waals surface area (Å²) >= 11 is 0. The van der Waals surface area contributed by atoms with E-state index in [1.165, 1.54) is 22.1 Å². The summed E-state index contributed by atoms with van der Waals surface area (Å²) in [5, 5.41) is 0.555. The maximum Gasteiger partial charge on any atom is 0.261 e. The molecule has 0 spiro atoms. The van der Waals surface area contributed by atoms with Gasteiger partial charge in [0.15, 0.2) is 0 Å². The highest BCUT2D eigenvalue weighted by atomic mass is 16.2. The molecule has 4 rings (SSSR count). The number of anilines is 1. The van der Waals surface area contributed by atoms with Crippen molar-refractivity contribution in [2.45, 2.75) is 20.4 Å². The Morgan fingerprint density at radius 2 is 1.79 bits per heavy atom. The van der Waals surface area contributed by atoms with Crippen molar-refractivity contribution in [1.82, 2.24) is 14.5 Å². The van der Waals surface area contributed by atoms with Crippen LogP contribution in [-0.2, 0) is 11.3 Å².